The Morgan fingerprint density at radius 3 is 2.72 bits per heavy atom. The second-order valence-electron chi connectivity index (χ2n) is 7.85. The largest absolute Gasteiger partial charge is 0.489 e. The summed E-state index contributed by atoms with van der Waals surface area (Å²) in [7, 11) is 0. The van der Waals surface area contributed by atoms with Gasteiger partial charge in [-0.05, 0) is 24.3 Å². The van der Waals surface area contributed by atoms with Crippen molar-refractivity contribution >= 4 is 29.1 Å². The molecule has 2 aromatic rings. The summed E-state index contributed by atoms with van der Waals surface area (Å²) in [6.45, 7) is 3.65. The SMILES string of the molecule is O=C(N1CC2(C1)CN(c1cc(C(F)F)ccn1)C2)N1CCOc2cc(Cl)ccc21. The summed E-state index contributed by atoms with van der Waals surface area (Å²) in [4.78, 5) is 22.7. The molecule has 0 radical (unpaired) electrons. The first-order valence-corrected chi connectivity index (χ1v) is 9.80. The number of anilines is 2. The van der Waals surface area contributed by atoms with Gasteiger partial charge in [-0.15, -0.1) is 0 Å². The van der Waals surface area contributed by atoms with Gasteiger partial charge in [0.15, 0.2) is 0 Å². The molecule has 9 heteroatoms. The highest BCUT2D eigenvalue weighted by Gasteiger charge is 2.54. The van der Waals surface area contributed by atoms with E-state index in [1.807, 2.05) is 9.80 Å². The Kier molecular flexibility index (Phi) is 4.27. The van der Waals surface area contributed by atoms with E-state index in [9.17, 15) is 13.6 Å². The molecule has 3 aliphatic heterocycles. The van der Waals surface area contributed by atoms with Gasteiger partial charge in [0.05, 0.1) is 12.2 Å². The van der Waals surface area contributed by atoms with Gasteiger partial charge in [0.1, 0.15) is 18.2 Å². The number of benzene rings is 1. The van der Waals surface area contributed by atoms with Crippen LogP contribution < -0.4 is 14.5 Å². The molecule has 2 saturated heterocycles. The monoisotopic (exact) mass is 420 g/mol. The van der Waals surface area contributed by atoms with E-state index in [-0.39, 0.29) is 17.0 Å². The van der Waals surface area contributed by atoms with E-state index in [1.54, 1.807) is 23.1 Å². The number of aromatic nitrogens is 1. The lowest BCUT2D eigenvalue weighted by molar-refractivity contribution is 0.00925. The van der Waals surface area contributed by atoms with Crippen LogP contribution in [0.3, 0.4) is 0 Å². The van der Waals surface area contributed by atoms with Crippen LogP contribution in [0.2, 0.25) is 5.02 Å². The first kappa shape index (κ1) is 18.4. The fourth-order valence-electron chi connectivity index (χ4n) is 4.33. The lowest BCUT2D eigenvalue weighted by atomic mass is 9.73. The van der Waals surface area contributed by atoms with Crippen molar-refractivity contribution in [2.45, 2.75) is 6.43 Å². The molecule has 2 fully saturated rings. The van der Waals surface area contributed by atoms with Crippen molar-refractivity contribution in [3.63, 3.8) is 0 Å². The molecule has 29 heavy (non-hydrogen) atoms. The Hall–Kier alpha value is -2.61. The van der Waals surface area contributed by atoms with Crippen molar-refractivity contribution in [1.82, 2.24) is 9.88 Å². The highest BCUT2D eigenvalue weighted by Crippen LogP contribution is 2.43. The van der Waals surface area contributed by atoms with Crippen LogP contribution in [0.5, 0.6) is 5.75 Å². The molecule has 0 N–H and O–H groups in total. The van der Waals surface area contributed by atoms with Gasteiger partial charge in [-0.3, -0.25) is 4.90 Å². The minimum absolute atomic E-state index is 0.0209. The third-order valence-electron chi connectivity index (χ3n) is 5.74. The van der Waals surface area contributed by atoms with Gasteiger partial charge in [-0.2, -0.15) is 0 Å². The molecular formula is C20H19ClF2N4O2. The molecule has 152 valence electrons. The number of ether oxygens (including phenoxy) is 1. The van der Waals surface area contributed by atoms with Crippen molar-refractivity contribution in [3.05, 3.63) is 47.1 Å². The average Bonchev–Trinajstić information content (AvgIpc) is 2.65. The van der Waals surface area contributed by atoms with E-state index in [0.717, 1.165) is 5.69 Å². The van der Waals surface area contributed by atoms with Gasteiger partial charge in [0.2, 0.25) is 0 Å². The van der Waals surface area contributed by atoms with Crippen LogP contribution in [-0.2, 0) is 0 Å². The van der Waals surface area contributed by atoms with Crippen LogP contribution in [0, 0.1) is 5.41 Å². The van der Waals surface area contributed by atoms with Gasteiger partial charge in [-0.25, -0.2) is 18.6 Å². The molecule has 0 unspecified atom stereocenters. The summed E-state index contributed by atoms with van der Waals surface area (Å²) in [5, 5.41) is 0.569. The van der Waals surface area contributed by atoms with Crippen LogP contribution >= 0.6 is 11.6 Å². The van der Waals surface area contributed by atoms with E-state index >= 15 is 0 Å². The second kappa shape index (κ2) is 6.73. The predicted molar refractivity (Wildman–Crippen MR) is 105 cm³/mol. The Morgan fingerprint density at radius 2 is 1.97 bits per heavy atom. The number of amides is 2. The maximum absolute atomic E-state index is 13.0. The number of fused-ring (bicyclic) bond motifs is 1. The van der Waals surface area contributed by atoms with Crippen molar-refractivity contribution in [1.29, 1.82) is 0 Å². The summed E-state index contributed by atoms with van der Waals surface area (Å²) in [6.07, 6.45) is -1.09. The van der Waals surface area contributed by atoms with Crippen molar-refractivity contribution in [3.8, 4) is 5.75 Å². The Bertz CT molecular complexity index is 959. The van der Waals surface area contributed by atoms with Crippen LogP contribution in [0.15, 0.2) is 36.5 Å². The molecule has 0 aliphatic carbocycles. The number of nitrogens with zero attached hydrogens (tertiary/aromatic N) is 4. The second-order valence-corrected chi connectivity index (χ2v) is 8.29. The number of pyridine rings is 1. The molecule has 1 aromatic heterocycles. The summed E-state index contributed by atoms with van der Waals surface area (Å²) < 4.78 is 31.4. The van der Waals surface area contributed by atoms with E-state index < -0.39 is 6.43 Å². The quantitative estimate of drug-likeness (QED) is 0.741. The van der Waals surface area contributed by atoms with E-state index in [1.165, 1.54) is 18.3 Å². The van der Waals surface area contributed by atoms with Gasteiger partial charge in [-0.1, -0.05) is 11.6 Å². The Labute approximate surface area is 171 Å². The molecular weight excluding hydrogens is 402 g/mol. The van der Waals surface area contributed by atoms with Gasteiger partial charge in [0, 0.05) is 54.4 Å². The Morgan fingerprint density at radius 1 is 1.17 bits per heavy atom. The minimum Gasteiger partial charge on any atom is -0.489 e. The minimum atomic E-state index is -2.50. The van der Waals surface area contributed by atoms with E-state index in [4.69, 9.17) is 16.3 Å². The molecule has 6 nitrogen and oxygen atoms in total. The van der Waals surface area contributed by atoms with Crippen molar-refractivity contribution < 1.29 is 18.3 Å². The molecule has 2 amide bonds. The lowest BCUT2D eigenvalue weighted by Crippen LogP contribution is -2.74. The van der Waals surface area contributed by atoms with Gasteiger partial charge in [0.25, 0.3) is 6.43 Å². The number of carbonyl (C=O) groups is 1. The van der Waals surface area contributed by atoms with Crippen LogP contribution in [0.1, 0.15) is 12.0 Å². The number of alkyl halides is 2. The zero-order chi connectivity index (χ0) is 20.2. The third kappa shape index (κ3) is 3.15. The van der Waals surface area contributed by atoms with E-state index in [0.29, 0.717) is 55.9 Å². The number of hydrogen-bond donors (Lipinski definition) is 0. The van der Waals surface area contributed by atoms with Crippen molar-refractivity contribution in [2.24, 2.45) is 5.41 Å². The average molecular weight is 421 g/mol. The molecule has 0 saturated carbocycles. The fraction of sp³-hybridized carbons (Fsp3) is 0.400. The first-order valence-electron chi connectivity index (χ1n) is 9.42. The van der Waals surface area contributed by atoms with Crippen LogP contribution in [0.25, 0.3) is 0 Å². The summed E-state index contributed by atoms with van der Waals surface area (Å²) in [5.74, 6) is 1.18. The maximum Gasteiger partial charge on any atom is 0.324 e. The summed E-state index contributed by atoms with van der Waals surface area (Å²) >= 11 is 6.01. The van der Waals surface area contributed by atoms with Crippen molar-refractivity contribution in [2.75, 3.05) is 49.1 Å². The molecule has 5 rings (SSSR count). The summed E-state index contributed by atoms with van der Waals surface area (Å²) in [6, 6.07) is 8.00. The lowest BCUT2D eigenvalue weighted by Gasteiger charge is -2.60. The number of rotatable bonds is 2. The first-order chi connectivity index (χ1) is 13.9. The molecule has 1 spiro atoms. The normalized spacial score (nSPS) is 19.5. The topological polar surface area (TPSA) is 48.9 Å². The number of carbonyl (C=O) groups excluding carboxylic acids is 1. The number of hydrogen-bond acceptors (Lipinski definition) is 4. The number of halogens is 3. The zero-order valence-corrected chi connectivity index (χ0v) is 16.3. The highest BCUT2D eigenvalue weighted by molar-refractivity contribution is 6.30. The maximum atomic E-state index is 13.0. The standard InChI is InChI=1S/C20H19ClF2N4O2/c21-14-1-2-15-16(8-14)29-6-5-27(15)19(28)26-11-20(12-26)9-25(10-20)17-7-13(18(22)23)3-4-24-17/h1-4,7-8,18H,5-6,9-12H2. The highest BCUT2D eigenvalue weighted by atomic mass is 35.5. The molecule has 0 bridgehead atoms. The smallest absolute Gasteiger partial charge is 0.324 e. The number of urea groups is 1. The summed E-state index contributed by atoms with van der Waals surface area (Å²) in [5.41, 5.74) is 0.732. The molecule has 0 atom stereocenters. The fourth-order valence-corrected chi connectivity index (χ4v) is 4.49. The molecule has 1 aromatic carbocycles. The molecule has 4 heterocycles. The zero-order valence-electron chi connectivity index (χ0n) is 15.5. The third-order valence-corrected chi connectivity index (χ3v) is 5.97. The van der Waals surface area contributed by atoms with Gasteiger partial charge >= 0.3 is 6.03 Å². The van der Waals surface area contributed by atoms with Crippen LogP contribution in [0.4, 0.5) is 25.1 Å². The molecule has 3 aliphatic rings. The number of likely N-dealkylation sites (tertiary alicyclic amines) is 1. The van der Waals surface area contributed by atoms with E-state index in [2.05, 4.69) is 4.98 Å². The predicted octanol–water partition coefficient (Wildman–Crippen LogP) is 3.81. The Balaban J connectivity index is 1.22. The van der Waals surface area contributed by atoms with Crippen LogP contribution in [-0.4, -0.2) is 55.2 Å². The van der Waals surface area contributed by atoms with Gasteiger partial charge < -0.3 is 14.5 Å².